The van der Waals surface area contributed by atoms with Gasteiger partial charge < -0.3 is 5.32 Å². The molecular formula is C18H23ClN4O. The molecule has 2 aromatic rings. The number of hydrogen-bond acceptors (Lipinski definition) is 4. The lowest BCUT2D eigenvalue weighted by Gasteiger charge is -2.30. The van der Waals surface area contributed by atoms with Crippen molar-refractivity contribution < 1.29 is 4.79 Å². The third-order valence-electron chi connectivity index (χ3n) is 3.99. The van der Waals surface area contributed by atoms with Crippen LogP contribution in [0.15, 0.2) is 36.7 Å². The van der Waals surface area contributed by atoms with E-state index >= 15 is 0 Å². The molecule has 0 aliphatic heterocycles. The number of halogens is 1. The van der Waals surface area contributed by atoms with Crippen LogP contribution in [-0.4, -0.2) is 40.4 Å². The summed E-state index contributed by atoms with van der Waals surface area (Å²) in [6.07, 6.45) is 3.08. The van der Waals surface area contributed by atoms with Crippen LogP contribution in [0.1, 0.15) is 41.6 Å². The maximum absolute atomic E-state index is 12.3. The zero-order valence-corrected chi connectivity index (χ0v) is 15.0. The van der Waals surface area contributed by atoms with E-state index in [4.69, 9.17) is 11.6 Å². The summed E-state index contributed by atoms with van der Waals surface area (Å²) in [7, 11) is 0. The van der Waals surface area contributed by atoms with E-state index in [9.17, 15) is 4.79 Å². The Morgan fingerprint density at radius 2 is 1.92 bits per heavy atom. The third kappa shape index (κ3) is 4.52. The van der Waals surface area contributed by atoms with Crippen LogP contribution in [0.3, 0.4) is 0 Å². The summed E-state index contributed by atoms with van der Waals surface area (Å²) in [5.74, 6) is -0.230. The van der Waals surface area contributed by atoms with Gasteiger partial charge in [-0.25, -0.2) is 4.98 Å². The second-order valence-corrected chi connectivity index (χ2v) is 5.92. The molecule has 128 valence electrons. The molecule has 1 heterocycles. The SMILES string of the molecule is CCN(CC)[C@@H](CNC(=O)c1cnc(C)cn1)c1ccccc1Cl. The van der Waals surface area contributed by atoms with Crippen LogP contribution in [0.25, 0.3) is 0 Å². The Morgan fingerprint density at radius 3 is 2.50 bits per heavy atom. The predicted octanol–water partition coefficient (Wildman–Crippen LogP) is 3.25. The Kier molecular flexibility index (Phi) is 6.70. The highest BCUT2D eigenvalue weighted by Crippen LogP contribution is 2.27. The fourth-order valence-electron chi connectivity index (χ4n) is 2.64. The van der Waals surface area contributed by atoms with Gasteiger partial charge in [-0.15, -0.1) is 0 Å². The standard InChI is InChI=1S/C18H23ClN4O/c1-4-23(5-2)17(14-8-6-7-9-15(14)19)12-22-18(24)16-11-20-13(3)10-21-16/h6-11,17H,4-5,12H2,1-3H3,(H,22,24)/t17-/m0/s1. The zero-order chi connectivity index (χ0) is 17.5. The summed E-state index contributed by atoms with van der Waals surface area (Å²) < 4.78 is 0. The van der Waals surface area contributed by atoms with E-state index < -0.39 is 0 Å². The number of aryl methyl sites for hydroxylation is 1. The molecule has 1 atom stereocenters. The van der Waals surface area contributed by atoms with Gasteiger partial charge in [0.15, 0.2) is 0 Å². The number of nitrogens with zero attached hydrogens (tertiary/aromatic N) is 3. The second-order valence-electron chi connectivity index (χ2n) is 5.51. The minimum absolute atomic E-state index is 0.0102. The monoisotopic (exact) mass is 346 g/mol. The molecule has 0 fully saturated rings. The minimum Gasteiger partial charge on any atom is -0.349 e. The van der Waals surface area contributed by atoms with Crippen molar-refractivity contribution >= 4 is 17.5 Å². The van der Waals surface area contributed by atoms with E-state index in [0.29, 0.717) is 17.3 Å². The molecule has 5 nitrogen and oxygen atoms in total. The first-order chi connectivity index (χ1) is 11.6. The third-order valence-corrected chi connectivity index (χ3v) is 4.33. The predicted molar refractivity (Wildman–Crippen MR) is 96.2 cm³/mol. The summed E-state index contributed by atoms with van der Waals surface area (Å²) in [5, 5.41) is 3.66. The fraction of sp³-hybridized carbons (Fsp3) is 0.389. The summed E-state index contributed by atoms with van der Waals surface area (Å²) >= 11 is 6.37. The molecule has 0 saturated heterocycles. The minimum atomic E-state index is -0.230. The van der Waals surface area contributed by atoms with Crippen molar-refractivity contribution in [3.63, 3.8) is 0 Å². The van der Waals surface area contributed by atoms with E-state index in [1.54, 1.807) is 6.20 Å². The second kappa shape index (κ2) is 8.76. The number of rotatable bonds is 7. The van der Waals surface area contributed by atoms with Crippen molar-refractivity contribution in [2.24, 2.45) is 0 Å². The molecule has 1 aromatic heterocycles. The van der Waals surface area contributed by atoms with Crippen LogP contribution in [0.2, 0.25) is 5.02 Å². The lowest BCUT2D eigenvalue weighted by Crippen LogP contribution is -2.38. The Labute approximate surface area is 148 Å². The van der Waals surface area contributed by atoms with Gasteiger partial charge >= 0.3 is 0 Å². The van der Waals surface area contributed by atoms with E-state index in [-0.39, 0.29) is 11.9 Å². The van der Waals surface area contributed by atoms with Crippen LogP contribution >= 0.6 is 11.6 Å². The molecule has 1 aromatic carbocycles. The molecule has 0 unspecified atom stereocenters. The van der Waals surface area contributed by atoms with Crippen molar-refractivity contribution in [2.75, 3.05) is 19.6 Å². The quantitative estimate of drug-likeness (QED) is 0.836. The van der Waals surface area contributed by atoms with Crippen LogP contribution in [-0.2, 0) is 0 Å². The van der Waals surface area contributed by atoms with E-state index in [0.717, 1.165) is 24.3 Å². The number of carbonyl (C=O) groups excluding carboxylic acids is 1. The number of aromatic nitrogens is 2. The summed E-state index contributed by atoms with van der Waals surface area (Å²) in [5.41, 5.74) is 2.11. The number of amides is 1. The molecule has 0 saturated carbocycles. The van der Waals surface area contributed by atoms with Crippen LogP contribution in [0, 0.1) is 6.92 Å². The molecule has 0 spiro atoms. The van der Waals surface area contributed by atoms with E-state index in [1.807, 2.05) is 31.2 Å². The summed E-state index contributed by atoms with van der Waals surface area (Å²) in [4.78, 5) is 22.8. The Hall–Kier alpha value is -1.98. The first-order valence-electron chi connectivity index (χ1n) is 8.12. The summed E-state index contributed by atoms with van der Waals surface area (Å²) in [6.45, 7) is 8.22. The average Bonchev–Trinajstić information content (AvgIpc) is 2.60. The molecule has 2 rings (SSSR count). The highest BCUT2D eigenvalue weighted by atomic mass is 35.5. The van der Waals surface area contributed by atoms with Gasteiger partial charge in [-0.2, -0.15) is 0 Å². The normalized spacial score (nSPS) is 12.2. The summed E-state index contributed by atoms with van der Waals surface area (Å²) in [6, 6.07) is 7.76. The maximum Gasteiger partial charge on any atom is 0.271 e. The molecule has 0 aliphatic rings. The smallest absolute Gasteiger partial charge is 0.271 e. The Bertz CT molecular complexity index is 671. The molecule has 0 radical (unpaired) electrons. The molecule has 1 amide bonds. The molecular weight excluding hydrogens is 324 g/mol. The number of likely N-dealkylation sites (N-methyl/N-ethyl adjacent to an activating group) is 1. The van der Waals surface area contributed by atoms with Crippen molar-refractivity contribution in [1.82, 2.24) is 20.2 Å². The van der Waals surface area contributed by atoms with Gasteiger partial charge in [0.05, 0.1) is 17.9 Å². The van der Waals surface area contributed by atoms with Gasteiger partial charge in [0.25, 0.3) is 5.91 Å². The van der Waals surface area contributed by atoms with Crippen LogP contribution < -0.4 is 5.32 Å². The Balaban J connectivity index is 2.15. The molecule has 0 bridgehead atoms. The number of hydrogen-bond donors (Lipinski definition) is 1. The maximum atomic E-state index is 12.3. The topological polar surface area (TPSA) is 58.1 Å². The van der Waals surface area contributed by atoms with Crippen LogP contribution in [0.5, 0.6) is 0 Å². The molecule has 24 heavy (non-hydrogen) atoms. The van der Waals surface area contributed by atoms with Crippen molar-refractivity contribution in [2.45, 2.75) is 26.8 Å². The van der Waals surface area contributed by atoms with Crippen LogP contribution in [0.4, 0.5) is 0 Å². The first kappa shape index (κ1) is 18.4. The number of carbonyl (C=O) groups is 1. The lowest BCUT2D eigenvalue weighted by molar-refractivity contribution is 0.0929. The molecule has 0 aliphatic carbocycles. The van der Waals surface area contributed by atoms with Gasteiger partial charge in [-0.05, 0) is 31.6 Å². The molecule has 1 N–H and O–H groups in total. The number of nitrogens with one attached hydrogen (secondary N) is 1. The first-order valence-corrected chi connectivity index (χ1v) is 8.49. The van der Waals surface area contributed by atoms with E-state index in [1.165, 1.54) is 6.20 Å². The van der Waals surface area contributed by atoms with Crippen molar-refractivity contribution in [3.05, 3.63) is 58.6 Å². The largest absolute Gasteiger partial charge is 0.349 e. The van der Waals surface area contributed by atoms with Gasteiger partial charge in [-0.3, -0.25) is 14.7 Å². The van der Waals surface area contributed by atoms with Crippen molar-refractivity contribution in [1.29, 1.82) is 0 Å². The van der Waals surface area contributed by atoms with Gasteiger partial charge in [-0.1, -0.05) is 43.6 Å². The Morgan fingerprint density at radius 1 is 1.21 bits per heavy atom. The van der Waals surface area contributed by atoms with Crippen molar-refractivity contribution in [3.8, 4) is 0 Å². The fourth-order valence-corrected chi connectivity index (χ4v) is 2.90. The lowest BCUT2D eigenvalue weighted by atomic mass is 10.0. The molecule has 6 heteroatoms. The van der Waals surface area contributed by atoms with E-state index in [2.05, 4.69) is 34.0 Å². The average molecular weight is 347 g/mol. The highest BCUT2D eigenvalue weighted by Gasteiger charge is 2.21. The van der Waals surface area contributed by atoms with Gasteiger partial charge in [0, 0.05) is 17.8 Å². The highest BCUT2D eigenvalue weighted by molar-refractivity contribution is 6.31. The van der Waals surface area contributed by atoms with Gasteiger partial charge in [0.2, 0.25) is 0 Å². The zero-order valence-electron chi connectivity index (χ0n) is 14.3. The number of benzene rings is 1. The van der Waals surface area contributed by atoms with Gasteiger partial charge in [0.1, 0.15) is 5.69 Å².